The van der Waals surface area contributed by atoms with Crippen molar-refractivity contribution in [1.29, 1.82) is 0 Å². The van der Waals surface area contributed by atoms with E-state index in [1.165, 1.54) is 0 Å². The van der Waals surface area contributed by atoms with Gasteiger partial charge in [0.15, 0.2) is 0 Å². The van der Waals surface area contributed by atoms with Gasteiger partial charge in [-0.05, 0) is 20.8 Å². The average Bonchev–Trinajstić information content (AvgIpc) is 2.15. The number of rotatable bonds is 1. The Balaban J connectivity index is 2.79. The summed E-state index contributed by atoms with van der Waals surface area (Å²) in [6, 6.07) is -0.0197. The summed E-state index contributed by atoms with van der Waals surface area (Å²) in [4.78, 5) is 16.0. The first-order valence-corrected chi connectivity index (χ1v) is 5.52. The Morgan fingerprint density at radius 2 is 2.00 bits per heavy atom. The molecule has 4 heteroatoms. The zero-order valence-corrected chi connectivity index (χ0v) is 10.5. The molecule has 0 aromatic carbocycles. The molecular formula is C11H23N3O. The normalized spacial score (nSPS) is 23.9. The summed E-state index contributed by atoms with van der Waals surface area (Å²) in [5.74, 6) is 0.192. The molecule has 1 aliphatic heterocycles. The maximum Gasteiger partial charge on any atom is 0.240 e. The predicted octanol–water partition coefficient (Wildman–Crippen LogP) is 0.147. The van der Waals surface area contributed by atoms with Gasteiger partial charge in [0.05, 0.1) is 0 Å². The molecule has 1 fully saturated rings. The summed E-state index contributed by atoms with van der Waals surface area (Å²) in [6.07, 6.45) is 0. The van der Waals surface area contributed by atoms with E-state index in [9.17, 15) is 4.79 Å². The summed E-state index contributed by atoms with van der Waals surface area (Å²) >= 11 is 0. The molecule has 1 N–H and O–H groups in total. The summed E-state index contributed by atoms with van der Waals surface area (Å²) in [7, 11) is 3.63. The Hall–Kier alpha value is -0.610. The number of likely N-dealkylation sites (N-methyl/N-ethyl adjacent to an activating group) is 1. The van der Waals surface area contributed by atoms with E-state index in [1.807, 2.05) is 14.1 Å². The van der Waals surface area contributed by atoms with E-state index in [0.717, 1.165) is 19.6 Å². The van der Waals surface area contributed by atoms with Gasteiger partial charge in [-0.1, -0.05) is 0 Å². The zero-order chi connectivity index (χ0) is 11.6. The zero-order valence-electron chi connectivity index (χ0n) is 10.5. The first-order valence-electron chi connectivity index (χ1n) is 5.52. The molecule has 0 saturated carbocycles. The van der Waals surface area contributed by atoms with Crippen molar-refractivity contribution in [1.82, 2.24) is 15.1 Å². The van der Waals surface area contributed by atoms with E-state index in [1.54, 1.807) is 4.90 Å². The van der Waals surface area contributed by atoms with Crippen molar-refractivity contribution in [2.24, 2.45) is 0 Å². The monoisotopic (exact) mass is 213 g/mol. The summed E-state index contributed by atoms with van der Waals surface area (Å²) in [5, 5.41) is 3.28. The topological polar surface area (TPSA) is 35.6 Å². The molecule has 1 unspecified atom stereocenters. The fourth-order valence-electron chi connectivity index (χ4n) is 2.03. The van der Waals surface area contributed by atoms with Crippen LogP contribution in [-0.4, -0.2) is 61.0 Å². The van der Waals surface area contributed by atoms with Gasteiger partial charge in [0, 0.05) is 39.3 Å². The lowest BCUT2D eigenvalue weighted by Crippen LogP contribution is -2.62. The number of piperazine rings is 1. The molecule has 4 nitrogen and oxygen atoms in total. The molecule has 88 valence electrons. The minimum atomic E-state index is -0.0197. The van der Waals surface area contributed by atoms with E-state index in [4.69, 9.17) is 0 Å². The number of hydrogen-bond acceptors (Lipinski definition) is 3. The molecular weight excluding hydrogens is 190 g/mol. The second-order valence-corrected chi connectivity index (χ2v) is 5.32. The molecule has 1 saturated heterocycles. The molecule has 1 rings (SSSR count). The molecule has 0 spiro atoms. The molecule has 0 aromatic rings. The highest BCUT2D eigenvalue weighted by Crippen LogP contribution is 2.19. The average molecular weight is 213 g/mol. The van der Waals surface area contributed by atoms with Gasteiger partial charge in [-0.3, -0.25) is 9.69 Å². The van der Waals surface area contributed by atoms with Crippen LogP contribution in [0.15, 0.2) is 0 Å². The Labute approximate surface area is 92.6 Å². The molecule has 1 aliphatic rings. The van der Waals surface area contributed by atoms with Crippen LogP contribution in [0, 0.1) is 0 Å². The van der Waals surface area contributed by atoms with Crippen molar-refractivity contribution in [3.63, 3.8) is 0 Å². The minimum absolute atomic E-state index is 0.0197. The van der Waals surface area contributed by atoms with Crippen LogP contribution in [0.2, 0.25) is 0 Å². The van der Waals surface area contributed by atoms with E-state index in [-0.39, 0.29) is 17.5 Å². The summed E-state index contributed by atoms with van der Waals surface area (Å²) < 4.78 is 0. The number of nitrogens with zero attached hydrogens (tertiary/aromatic N) is 2. The van der Waals surface area contributed by atoms with Crippen LogP contribution in [0.25, 0.3) is 0 Å². The smallest absolute Gasteiger partial charge is 0.240 e. The van der Waals surface area contributed by atoms with Crippen LogP contribution in [0.5, 0.6) is 0 Å². The minimum Gasteiger partial charge on any atom is -0.347 e. The SMILES string of the molecule is CN(C)C(=O)C1CNCCN1C(C)(C)C. The number of nitrogens with one attached hydrogen (secondary N) is 1. The third-order valence-electron chi connectivity index (χ3n) is 2.83. The molecule has 1 atom stereocenters. The van der Waals surface area contributed by atoms with Crippen molar-refractivity contribution < 1.29 is 4.79 Å². The number of amides is 1. The molecule has 0 radical (unpaired) electrons. The quantitative estimate of drug-likeness (QED) is 0.673. The summed E-state index contributed by atoms with van der Waals surface area (Å²) in [6.45, 7) is 9.15. The van der Waals surface area contributed by atoms with Crippen LogP contribution >= 0.6 is 0 Å². The van der Waals surface area contributed by atoms with Crippen molar-refractivity contribution in [2.45, 2.75) is 32.4 Å². The van der Waals surface area contributed by atoms with E-state index < -0.39 is 0 Å². The first-order chi connectivity index (χ1) is 6.84. The highest BCUT2D eigenvalue weighted by atomic mass is 16.2. The van der Waals surface area contributed by atoms with Gasteiger partial charge in [-0.2, -0.15) is 0 Å². The lowest BCUT2D eigenvalue weighted by atomic mass is 10.0. The van der Waals surface area contributed by atoms with E-state index in [2.05, 4.69) is 31.0 Å². The first kappa shape index (κ1) is 12.5. The maximum absolute atomic E-state index is 12.0. The van der Waals surface area contributed by atoms with Crippen molar-refractivity contribution in [3.8, 4) is 0 Å². The molecule has 1 heterocycles. The van der Waals surface area contributed by atoms with Gasteiger partial charge in [-0.25, -0.2) is 0 Å². The third-order valence-corrected chi connectivity index (χ3v) is 2.83. The second kappa shape index (κ2) is 4.49. The Morgan fingerprint density at radius 1 is 1.40 bits per heavy atom. The summed E-state index contributed by atoms with van der Waals surface area (Å²) in [5.41, 5.74) is 0.0540. The Morgan fingerprint density at radius 3 is 2.47 bits per heavy atom. The van der Waals surface area contributed by atoms with Crippen LogP contribution < -0.4 is 5.32 Å². The second-order valence-electron chi connectivity index (χ2n) is 5.32. The number of hydrogen-bond donors (Lipinski definition) is 1. The maximum atomic E-state index is 12.0. The Bertz CT molecular complexity index is 232. The lowest BCUT2D eigenvalue weighted by Gasteiger charge is -2.44. The number of carbonyl (C=O) groups is 1. The van der Waals surface area contributed by atoms with Gasteiger partial charge >= 0.3 is 0 Å². The van der Waals surface area contributed by atoms with Gasteiger partial charge in [-0.15, -0.1) is 0 Å². The van der Waals surface area contributed by atoms with E-state index >= 15 is 0 Å². The molecule has 1 amide bonds. The van der Waals surface area contributed by atoms with Gasteiger partial charge in [0.1, 0.15) is 6.04 Å². The van der Waals surface area contributed by atoms with Crippen molar-refractivity contribution >= 4 is 5.91 Å². The molecule has 0 bridgehead atoms. The Kier molecular flexibility index (Phi) is 3.73. The van der Waals surface area contributed by atoms with Crippen molar-refractivity contribution in [2.75, 3.05) is 33.7 Å². The highest BCUT2D eigenvalue weighted by molar-refractivity contribution is 5.81. The van der Waals surface area contributed by atoms with E-state index in [0.29, 0.717) is 0 Å². The highest BCUT2D eigenvalue weighted by Gasteiger charge is 2.35. The van der Waals surface area contributed by atoms with Crippen molar-refractivity contribution in [3.05, 3.63) is 0 Å². The fourth-order valence-corrected chi connectivity index (χ4v) is 2.03. The van der Waals surface area contributed by atoms with Gasteiger partial charge in [0.25, 0.3) is 0 Å². The van der Waals surface area contributed by atoms with Crippen LogP contribution in [0.3, 0.4) is 0 Å². The fraction of sp³-hybridized carbons (Fsp3) is 0.909. The standard InChI is InChI=1S/C11H23N3O/c1-11(2,3)14-7-6-12-8-9(14)10(15)13(4)5/h9,12H,6-8H2,1-5H3. The number of carbonyl (C=O) groups excluding carboxylic acids is 1. The lowest BCUT2D eigenvalue weighted by molar-refractivity contribution is -0.137. The molecule has 0 aliphatic carbocycles. The van der Waals surface area contributed by atoms with Crippen LogP contribution in [0.1, 0.15) is 20.8 Å². The van der Waals surface area contributed by atoms with Gasteiger partial charge < -0.3 is 10.2 Å². The molecule has 15 heavy (non-hydrogen) atoms. The molecule has 0 aromatic heterocycles. The largest absolute Gasteiger partial charge is 0.347 e. The van der Waals surface area contributed by atoms with Crippen LogP contribution in [-0.2, 0) is 4.79 Å². The van der Waals surface area contributed by atoms with Crippen LogP contribution in [0.4, 0.5) is 0 Å². The van der Waals surface area contributed by atoms with Gasteiger partial charge in [0.2, 0.25) is 5.91 Å². The third kappa shape index (κ3) is 2.92. The predicted molar refractivity (Wildman–Crippen MR) is 61.8 cm³/mol.